The Morgan fingerprint density at radius 3 is 2.55 bits per heavy atom. The number of benzene rings is 1. The Bertz CT molecular complexity index is 667. The third-order valence-corrected chi connectivity index (χ3v) is 3.42. The van der Waals surface area contributed by atoms with Crippen LogP contribution in [0.3, 0.4) is 0 Å². The van der Waals surface area contributed by atoms with Crippen molar-refractivity contribution in [3.05, 3.63) is 45.9 Å². The highest BCUT2D eigenvalue weighted by atomic mass is 19.2. The number of hydrogen-bond donors (Lipinski definition) is 2. The minimum atomic E-state index is -1.01. The van der Waals surface area contributed by atoms with Crippen molar-refractivity contribution in [2.75, 3.05) is 6.54 Å². The number of rotatable bonds is 5. The molecule has 1 unspecified atom stereocenters. The molecule has 5 heteroatoms. The van der Waals surface area contributed by atoms with Gasteiger partial charge in [0.05, 0.1) is 5.39 Å². The van der Waals surface area contributed by atoms with E-state index >= 15 is 0 Å². The van der Waals surface area contributed by atoms with Crippen molar-refractivity contribution in [3.8, 4) is 0 Å². The summed E-state index contributed by atoms with van der Waals surface area (Å²) in [5.74, 6) is -1.95. The molecule has 1 aromatic heterocycles. The van der Waals surface area contributed by atoms with Gasteiger partial charge in [0, 0.05) is 12.2 Å². The molecule has 0 saturated carbocycles. The fourth-order valence-electron chi connectivity index (χ4n) is 2.24. The summed E-state index contributed by atoms with van der Waals surface area (Å²) in [6.45, 7) is 4.87. The van der Waals surface area contributed by atoms with Gasteiger partial charge in [0.2, 0.25) is 0 Å². The number of halogens is 2. The summed E-state index contributed by atoms with van der Waals surface area (Å²) < 4.78 is 26.7. The maximum absolute atomic E-state index is 13.4. The molecule has 0 aliphatic rings. The fourth-order valence-corrected chi connectivity index (χ4v) is 2.24. The standard InChI is InChI=1S/C15H18F2N2O/c1-3-4-5-18-9(2)12-8-19-15(20)11-7-14(17)13(16)6-10(11)12/h6-9,18H,3-5H2,1-2H3,(H,19,20). The lowest BCUT2D eigenvalue weighted by atomic mass is 10.0. The number of unbranched alkanes of at least 4 members (excludes halogenated alkanes) is 1. The Kier molecular flexibility index (Phi) is 4.49. The van der Waals surface area contributed by atoms with Crippen LogP contribution in [-0.2, 0) is 0 Å². The van der Waals surface area contributed by atoms with Crippen LogP contribution in [-0.4, -0.2) is 11.5 Å². The molecule has 2 N–H and O–H groups in total. The van der Waals surface area contributed by atoms with E-state index in [0.717, 1.165) is 37.1 Å². The van der Waals surface area contributed by atoms with Gasteiger partial charge in [-0.15, -0.1) is 0 Å². The highest BCUT2D eigenvalue weighted by molar-refractivity contribution is 5.85. The molecule has 1 aromatic carbocycles. The predicted octanol–water partition coefficient (Wildman–Crippen LogP) is 3.26. The van der Waals surface area contributed by atoms with Crippen molar-refractivity contribution in [3.63, 3.8) is 0 Å². The van der Waals surface area contributed by atoms with E-state index in [9.17, 15) is 13.6 Å². The Morgan fingerprint density at radius 1 is 1.25 bits per heavy atom. The third-order valence-electron chi connectivity index (χ3n) is 3.42. The van der Waals surface area contributed by atoms with E-state index < -0.39 is 17.2 Å². The third kappa shape index (κ3) is 2.88. The van der Waals surface area contributed by atoms with E-state index in [1.165, 1.54) is 0 Å². The van der Waals surface area contributed by atoms with Crippen LogP contribution in [0.2, 0.25) is 0 Å². The average molecular weight is 280 g/mol. The Balaban J connectivity index is 2.46. The second kappa shape index (κ2) is 6.13. The smallest absolute Gasteiger partial charge is 0.255 e. The zero-order chi connectivity index (χ0) is 14.7. The van der Waals surface area contributed by atoms with Crippen LogP contribution < -0.4 is 10.9 Å². The summed E-state index contributed by atoms with van der Waals surface area (Å²) in [4.78, 5) is 14.3. The van der Waals surface area contributed by atoms with Gasteiger partial charge in [0.15, 0.2) is 11.6 Å². The molecule has 108 valence electrons. The van der Waals surface area contributed by atoms with Gasteiger partial charge in [-0.25, -0.2) is 8.78 Å². The van der Waals surface area contributed by atoms with E-state index in [1.807, 2.05) is 6.92 Å². The molecule has 0 radical (unpaired) electrons. The first-order valence-electron chi connectivity index (χ1n) is 6.78. The van der Waals surface area contributed by atoms with Gasteiger partial charge in [0.1, 0.15) is 0 Å². The monoisotopic (exact) mass is 280 g/mol. The van der Waals surface area contributed by atoms with Gasteiger partial charge < -0.3 is 10.3 Å². The molecule has 20 heavy (non-hydrogen) atoms. The molecule has 3 nitrogen and oxygen atoms in total. The largest absolute Gasteiger partial charge is 0.328 e. The molecule has 1 heterocycles. The van der Waals surface area contributed by atoms with Gasteiger partial charge >= 0.3 is 0 Å². The van der Waals surface area contributed by atoms with Crippen LogP contribution in [0.1, 0.15) is 38.3 Å². The first-order valence-corrected chi connectivity index (χ1v) is 6.78. The molecule has 0 fully saturated rings. The minimum absolute atomic E-state index is 0.0502. The second-order valence-electron chi connectivity index (χ2n) is 4.91. The van der Waals surface area contributed by atoms with Crippen molar-refractivity contribution in [1.82, 2.24) is 10.3 Å². The molecule has 1 atom stereocenters. The lowest BCUT2D eigenvalue weighted by Gasteiger charge is -2.16. The number of nitrogens with one attached hydrogen (secondary N) is 2. The zero-order valence-corrected chi connectivity index (χ0v) is 11.6. The molecule has 2 rings (SSSR count). The van der Waals surface area contributed by atoms with Crippen LogP contribution in [0, 0.1) is 11.6 Å². The van der Waals surface area contributed by atoms with Crippen LogP contribution in [0.5, 0.6) is 0 Å². The zero-order valence-electron chi connectivity index (χ0n) is 11.6. The normalized spacial score (nSPS) is 12.8. The fraction of sp³-hybridized carbons (Fsp3) is 0.400. The van der Waals surface area contributed by atoms with E-state index in [4.69, 9.17) is 0 Å². The SMILES string of the molecule is CCCCNC(C)c1c[nH]c(=O)c2cc(F)c(F)cc12. The van der Waals surface area contributed by atoms with Crippen LogP contribution in [0.25, 0.3) is 10.8 Å². The number of aromatic nitrogens is 1. The number of hydrogen-bond acceptors (Lipinski definition) is 2. The van der Waals surface area contributed by atoms with Crippen LogP contribution in [0.4, 0.5) is 8.78 Å². The van der Waals surface area contributed by atoms with Crippen molar-refractivity contribution in [2.45, 2.75) is 32.7 Å². The quantitative estimate of drug-likeness (QED) is 0.826. The van der Waals surface area contributed by atoms with Crippen molar-refractivity contribution >= 4 is 10.8 Å². The summed E-state index contributed by atoms with van der Waals surface area (Å²) in [6, 6.07) is 1.99. The lowest BCUT2D eigenvalue weighted by molar-refractivity contribution is 0.510. The highest BCUT2D eigenvalue weighted by Crippen LogP contribution is 2.23. The van der Waals surface area contributed by atoms with Gasteiger partial charge in [-0.1, -0.05) is 13.3 Å². The average Bonchev–Trinajstić information content (AvgIpc) is 2.41. The molecule has 0 saturated heterocycles. The van der Waals surface area contributed by atoms with E-state index in [0.29, 0.717) is 5.39 Å². The van der Waals surface area contributed by atoms with Gasteiger partial charge in [-0.2, -0.15) is 0 Å². The second-order valence-corrected chi connectivity index (χ2v) is 4.91. The van der Waals surface area contributed by atoms with Gasteiger partial charge in [-0.05, 0) is 43.0 Å². The molecule has 0 amide bonds. The van der Waals surface area contributed by atoms with E-state index in [-0.39, 0.29) is 11.4 Å². The van der Waals surface area contributed by atoms with E-state index in [1.54, 1.807) is 6.20 Å². The molecule has 0 aliphatic carbocycles. The summed E-state index contributed by atoms with van der Waals surface area (Å²) >= 11 is 0. The number of H-pyrrole nitrogens is 1. The Hall–Kier alpha value is -1.75. The summed E-state index contributed by atoms with van der Waals surface area (Å²) in [5.41, 5.74) is 0.345. The summed E-state index contributed by atoms with van der Waals surface area (Å²) in [5, 5.41) is 3.93. The van der Waals surface area contributed by atoms with Gasteiger partial charge in [0.25, 0.3) is 5.56 Å². The first-order chi connectivity index (χ1) is 9.54. The molecule has 0 spiro atoms. The predicted molar refractivity (Wildman–Crippen MR) is 75.8 cm³/mol. The van der Waals surface area contributed by atoms with E-state index in [2.05, 4.69) is 17.2 Å². The lowest BCUT2D eigenvalue weighted by Crippen LogP contribution is -2.21. The van der Waals surface area contributed by atoms with Crippen molar-refractivity contribution in [1.29, 1.82) is 0 Å². The number of fused-ring (bicyclic) bond motifs is 1. The van der Waals surface area contributed by atoms with Crippen LogP contribution in [0.15, 0.2) is 23.1 Å². The number of aromatic amines is 1. The Morgan fingerprint density at radius 2 is 1.90 bits per heavy atom. The summed E-state index contributed by atoms with van der Waals surface area (Å²) in [7, 11) is 0. The molecule has 2 aromatic rings. The Labute approximate surface area is 116 Å². The highest BCUT2D eigenvalue weighted by Gasteiger charge is 2.14. The van der Waals surface area contributed by atoms with Crippen molar-refractivity contribution < 1.29 is 8.78 Å². The molecular formula is C15H18F2N2O. The molecule has 0 aliphatic heterocycles. The number of pyridine rings is 1. The maximum Gasteiger partial charge on any atom is 0.255 e. The maximum atomic E-state index is 13.4. The topological polar surface area (TPSA) is 44.9 Å². The molecule has 0 bridgehead atoms. The minimum Gasteiger partial charge on any atom is -0.328 e. The molecular weight excluding hydrogens is 262 g/mol. The summed E-state index contributed by atoms with van der Waals surface area (Å²) in [6.07, 6.45) is 3.67. The van der Waals surface area contributed by atoms with Crippen LogP contribution >= 0.6 is 0 Å². The van der Waals surface area contributed by atoms with Crippen molar-refractivity contribution in [2.24, 2.45) is 0 Å². The van der Waals surface area contributed by atoms with Gasteiger partial charge in [-0.3, -0.25) is 4.79 Å². The first kappa shape index (κ1) is 14.7.